The van der Waals surface area contributed by atoms with Gasteiger partial charge in [0.15, 0.2) is 0 Å². The fourth-order valence-electron chi connectivity index (χ4n) is 4.75. The molecule has 2 N–H and O–H groups in total. The molecule has 2 amide bonds. The second-order valence-electron chi connectivity index (χ2n) is 9.52. The predicted octanol–water partition coefficient (Wildman–Crippen LogP) is 4.34. The number of anilines is 1. The van der Waals surface area contributed by atoms with Crippen molar-refractivity contribution >= 4 is 38.3 Å². The first kappa shape index (κ1) is 25.9. The van der Waals surface area contributed by atoms with Gasteiger partial charge in [-0.05, 0) is 30.5 Å². The van der Waals surface area contributed by atoms with Gasteiger partial charge in [0.25, 0.3) is 0 Å². The zero-order chi connectivity index (χ0) is 25.7. The van der Waals surface area contributed by atoms with Crippen LogP contribution in [0.4, 0.5) is 5.69 Å². The highest BCUT2D eigenvalue weighted by Gasteiger charge is 2.28. The fraction of sp³-hybridized carbons (Fsp3) is 0.357. The van der Waals surface area contributed by atoms with E-state index in [1.165, 1.54) is 18.4 Å². The van der Waals surface area contributed by atoms with E-state index in [1.807, 2.05) is 30.3 Å². The lowest BCUT2D eigenvalue weighted by Crippen LogP contribution is -2.47. The fourth-order valence-corrected chi connectivity index (χ4v) is 5.84. The Hall–Kier alpha value is -3.23. The number of rotatable bonds is 8. The van der Waals surface area contributed by atoms with Crippen LogP contribution in [-0.4, -0.2) is 44.7 Å². The second-order valence-corrected chi connectivity index (χ2v) is 11.6. The van der Waals surface area contributed by atoms with Crippen LogP contribution < -0.4 is 10.6 Å². The van der Waals surface area contributed by atoms with Crippen LogP contribution in [0.2, 0.25) is 0 Å². The first-order valence-electron chi connectivity index (χ1n) is 12.4. The van der Waals surface area contributed by atoms with E-state index in [0.29, 0.717) is 22.9 Å². The number of carbonyl (C=O) groups is 2. The van der Waals surface area contributed by atoms with E-state index in [2.05, 4.69) is 10.6 Å². The maximum atomic E-state index is 13.5. The van der Waals surface area contributed by atoms with Crippen LogP contribution in [-0.2, 0) is 26.0 Å². The minimum atomic E-state index is -3.67. The predicted molar refractivity (Wildman–Crippen MR) is 142 cm³/mol. The zero-order valence-corrected chi connectivity index (χ0v) is 21.6. The Morgan fingerprint density at radius 3 is 2.25 bits per heavy atom. The summed E-state index contributed by atoms with van der Waals surface area (Å²) in [5.74, 6) is -0.486. The molecule has 3 aromatic carbocycles. The van der Waals surface area contributed by atoms with E-state index < -0.39 is 16.1 Å². The van der Waals surface area contributed by atoms with Gasteiger partial charge < -0.3 is 10.6 Å². The normalized spacial score (nSPS) is 15.5. The maximum Gasteiger partial charge on any atom is 0.247 e. The highest BCUT2D eigenvalue weighted by atomic mass is 32.2. The second kappa shape index (κ2) is 11.2. The van der Waals surface area contributed by atoms with Gasteiger partial charge in [-0.15, -0.1) is 0 Å². The lowest BCUT2D eigenvalue weighted by molar-refractivity contribution is -0.130. The van der Waals surface area contributed by atoms with E-state index in [0.717, 1.165) is 37.7 Å². The summed E-state index contributed by atoms with van der Waals surface area (Å²) >= 11 is 0. The molecular formula is C28H33N3O4S. The van der Waals surface area contributed by atoms with Crippen LogP contribution in [0, 0.1) is 5.92 Å². The van der Waals surface area contributed by atoms with Gasteiger partial charge in [0, 0.05) is 42.9 Å². The standard InChI is InChI=1S/C28H33N3O4S/c1-31(2)36(34,35)26-18-10-15-22-23(26)16-9-17-24(22)29-28(33)25(19-20-11-5-3-6-12-20)30-27(32)21-13-7-4-8-14-21/h3,5-6,9-12,15-18,21,25H,4,7-8,13-14,19H2,1-2H3,(H,29,33)(H,30,32). The summed E-state index contributed by atoms with van der Waals surface area (Å²) in [5.41, 5.74) is 1.44. The van der Waals surface area contributed by atoms with Crippen molar-refractivity contribution in [3.8, 4) is 0 Å². The molecule has 3 aromatic rings. The Balaban J connectivity index is 1.63. The number of fused-ring (bicyclic) bond motifs is 1. The Bertz CT molecular complexity index is 1330. The molecule has 0 saturated heterocycles. The minimum Gasteiger partial charge on any atom is -0.344 e. The molecule has 36 heavy (non-hydrogen) atoms. The maximum absolute atomic E-state index is 13.5. The molecule has 0 aromatic heterocycles. The van der Waals surface area contributed by atoms with Crippen molar-refractivity contribution in [3.63, 3.8) is 0 Å². The lowest BCUT2D eigenvalue weighted by atomic mass is 9.88. The summed E-state index contributed by atoms with van der Waals surface area (Å²) in [6, 6.07) is 19.0. The number of nitrogens with zero attached hydrogens (tertiary/aromatic N) is 1. The van der Waals surface area contributed by atoms with E-state index in [9.17, 15) is 18.0 Å². The molecule has 1 saturated carbocycles. The number of hydrogen-bond donors (Lipinski definition) is 2. The number of nitrogens with one attached hydrogen (secondary N) is 2. The number of hydrogen-bond acceptors (Lipinski definition) is 4. The lowest BCUT2D eigenvalue weighted by Gasteiger charge is -2.25. The zero-order valence-electron chi connectivity index (χ0n) is 20.7. The third kappa shape index (κ3) is 5.77. The molecule has 1 unspecified atom stereocenters. The third-order valence-electron chi connectivity index (χ3n) is 6.79. The van der Waals surface area contributed by atoms with Gasteiger partial charge in [-0.1, -0.05) is 73.9 Å². The Morgan fingerprint density at radius 1 is 0.889 bits per heavy atom. The largest absolute Gasteiger partial charge is 0.344 e. The van der Waals surface area contributed by atoms with Gasteiger partial charge in [-0.3, -0.25) is 9.59 Å². The Kier molecular flexibility index (Phi) is 8.06. The molecule has 1 atom stereocenters. The van der Waals surface area contributed by atoms with Crippen molar-refractivity contribution in [1.82, 2.24) is 9.62 Å². The van der Waals surface area contributed by atoms with E-state index in [1.54, 1.807) is 36.4 Å². The minimum absolute atomic E-state index is 0.0684. The number of carbonyl (C=O) groups excluding carboxylic acids is 2. The first-order valence-corrected chi connectivity index (χ1v) is 13.8. The van der Waals surface area contributed by atoms with Crippen molar-refractivity contribution in [1.29, 1.82) is 0 Å². The molecule has 190 valence electrons. The number of benzene rings is 3. The molecular weight excluding hydrogens is 474 g/mol. The Morgan fingerprint density at radius 2 is 1.56 bits per heavy atom. The molecule has 0 radical (unpaired) electrons. The van der Waals surface area contributed by atoms with Crippen LogP contribution in [0.25, 0.3) is 10.8 Å². The van der Waals surface area contributed by atoms with Crippen LogP contribution in [0.1, 0.15) is 37.7 Å². The van der Waals surface area contributed by atoms with Gasteiger partial charge in [-0.2, -0.15) is 0 Å². The molecule has 7 nitrogen and oxygen atoms in total. The summed E-state index contributed by atoms with van der Waals surface area (Å²) < 4.78 is 26.9. The highest BCUT2D eigenvalue weighted by molar-refractivity contribution is 7.89. The summed E-state index contributed by atoms with van der Waals surface area (Å²) in [5, 5.41) is 7.10. The van der Waals surface area contributed by atoms with Crippen molar-refractivity contribution in [2.75, 3.05) is 19.4 Å². The van der Waals surface area contributed by atoms with Crippen molar-refractivity contribution < 1.29 is 18.0 Å². The molecule has 0 aliphatic heterocycles. The van der Waals surface area contributed by atoms with Crippen LogP contribution in [0.5, 0.6) is 0 Å². The average molecular weight is 508 g/mol. The molecule has 8 heteroatoms. The van der Waals surface area contributed by atoms with E-state index >= 15 is 0 Å². The highest BCUT2D eigenvalue weighted by Crippen LogP contribution is 2.30. The van der Waals surface area contributed by atoms with Crippen LogP contribution in [0.15, 0.2) is 71.6 Å². The van der Waals surface area contributed by atoms with Gasteiger partial charge in [-0.25, -0.2) is 12.7 Å². The third-order valence-corrected chi connectivity index (χ3v) is 8.66. The van der Waals surface area contributed by atoms with Gasteiger partial charge in [0.05, 0.1) is 4.90 Å². The SMILES string of the molecule is CN(C)S(=O)(=O)c1cccc2c(NC(=O)C(Cc3ccccc3)NC(=O)C3CCCCC3)cccc12. The average Bonchev–Trinajstić information content (AvgIpc) is 2.89. The smallest absolute Gasteiger partial charge is 0.247 e. The Labute approximate surface area is 212 Å². The van der Waals surface area contributed by atoms with Gasteiger partial charge in [0.1, 0.15) is 6.04 Å². The number of amides is 2. The summed E-state index contributed by atoms with van der Waals surface area (Å²) in [6.07, 6.45) is 5.25. The molecule has 0 heterocycles. The summed E-state index contributed by atoms with van der Waals surface area (Å²) in [6.45, 7) is 0. The molecule has 4 rings (SSSR count). The molecule has 0 bridgehead atoms. The monoisotopic (exact) mass is 507 g/mol. The first-order chi connectivity index (χ1) is 17.3. The molecule has 1 aliphatic rings. The van der Waals surface area contributed by atoms with Crippen molar-refractivity contribution in [2.45, 2.75) is 49.5 Å². The quantitative estimate of drug-likeness (QED) is 0.474. The topological polar surface area (TPSA) is 95.6 Å². The van der Waals surface area contributed by atoms with Gasteiger partial charge >= 0.3 is 0 Å². The molecule has 1 aliphatic carbocycles. The molecule has 1 fully saturated rings. The number of sulfonamides is 1. The van der Waals surface area contributed by atoms with E-state index in [4.69, 9.17) is 0 Å². The summed E-state index contributed by atoms with van der Waals surface area (Å²) in [7, 11) is -0.692. The summed E-state index contributed by atoms with van der Waals surface area (Å²) in [4.78, 5) is 26.7. The van der Waals surface area contributed by atoms with Crippen LogP contribution >= 0.6 is 0 Å². The molecule has 0 spiro atoms. The van der Waals surface area contributed by atoms with Crippen molar-refractivity contribution in [2.24, 2.45) is 5.92 Å². The van der Waals surface area contributed by atoms with Crippen LogP contribution in [0.3, 0.4) is 0 Å². The van der Waals surface area contributed by atoms with Gasteiger partial charge in [0.2, 0.25) is 21.8 Å². The van der Waals surface area contributed by atoms with E-state index in [-0.39, 0.29) is 22.6 Å². The van der Waals surface area contributed by atoms with Crippen molar-refractivity contribution in [3.05, 3.63) is 72.3 Å².